The van der Waals surface area contributed by atoms with Gasteiger partial charge < -0.3 is 10.4 Å². The lowest BCUT2D eigenvalue weighted by Gasteiger charge is -2.07. The summed E-state index contributed by atoms with van der Waals surface area (Å²) in [5.41, 5.74) is -0.135. The normalized spacial score (nSPS) is 11.8. The van der Waals surface area contributed by atoms with E-state index >= 15 is 0 Å². The van der Waals surface area contributed by atoms with E-state index < -0.39 is 18.1 Å². The van der Waals surface area contributed by atoms with Crippen LogP contribution in [0.2, 0.25) is 0 Å². The van der Waals surface area contributed by atoms with Crippen LogP contribution in [0.4, 0.5) is 18.9 Å². The fraction of sp³-hybridized carbons (Fsp3) is 0.300. The number of carbonyl (C=O) groups excluding carboxylic acids is 1. The summed E-state index contributed by atoms with van der Waals surface area (Å²) in [7, 11) is 0. The monoisotopic (exact) mass is 277 g/mol. The number of amides is 1. The van der Waals surface area contributed by atoms with Gasteiger partial charge in [0.05, 0.1) is 17.6 Å². The second-order valence-electron chi connectivity index (χ2n) is 3.38. The molecule has 0 bridgehead atoms. The van der Waals surface area contributed by atoms with Crippen molar-refractivity contribution in [3.05, 3.63) is 18.0 Å². The number of carbonyl (C=O) groups is 2. The third-order valence-corrected chi connectivity index (χ3v) is 2.07. The summed E-state index contributed by atoms with van der Waals surface area (Å²) in [4.78, 5) is 21.2. The Balaban J connectivity index is 3.05. The smallest absolute Gasteiger partial charge is 0.471 e. The summed E-state index contributed by atoms with van der Waals surface area (Å²) in [6, 6.07) is 0. The first-order valence-electron chi connectivity index (χ1n) is 5.10. The number of anilines is 1. The number of aryl methyl sites for hydroxylation is 1. The fourth-order valence-corrected chi connectivity index (χ4v) is 1.26. The average Bonchev–Trinajstić information content (AvgIpc) is 2.67. The molecular formula is C10H10F3N3O3. The molecule has 0 aromatic carbocycles. The van der Waals surface area contributed by atoms with Crippen molar-refractivity contribution >= 4 is 23.6 Å². The molecule has 0 saturated heterocycles. The summed E-state index contributed by atoms with van der Waals surface area (Å²) in [6.07, 6.45) is -2.20. The Morgan fingerprint density at radius 1 is 1.53 bits per heavy atom. The highest BCUT2D eigenvalue weighted by molar-refractivity contribution is 5.97. The van der Waals surface area contributed by atoms with E-state index in [0.717, 1.165) is 18.3 Å². The Bertz CT molecular complexity index is 520. The van der Waals surface area contributed by atoms with Gasteiger partial charge >= 0.3 is 18.1 Å². The van der Waals surface area contributed by atoms with E-state index in [4.69, 9.17) is 5.11 Å². The summed E-state index contributed by atoms with van der Waals surface area (Å²) in [6.45, 7) is 1.97. The maximum atomic E-state index is 12.1. The maximum absolute atomic E-state index is 12.1. The second kappa shape index (κ2) is 5.55. The van der Waals surface area contributed by atoms with Gasteiger partial charge in [0.25, 0.3) is 0 Å². The summed E-state index contributed by atoms with van der Waals surface area (Å²) >= 11 is 0. The number of carboxylic acids is 1. The molecule has 0 atom stereocenters. The van der Waals surface area contributed by atoms with Crippen LogP contribution in [0.25, 0.3) is 6.08 Å². The van der Waals surface area contributed by atoms with Gasteiger partial charge in [-0.1, -0.05) is 0 Å². The molecule has 19 heavy (non-hydrogen) atoms. The number of hydrogen-bond donors (Lipinski definition) is 2. The third kappa shape index (κ3) is 3.83. The number of aliphatic carboxylic acids is 1. The highest BCUT2D eigenvalue weighted by Gasteiger charge is 2.39. The van der Waals surface area contributed by atoms with Crippen molar-refractivity contribution in [2.75, 3.05) is 5.32 Å². The zero-order chi connectivity index (χ0) is 14.6. The van der Waals surface area contributed by atoms with Crippen molar-refractivity contribution in [2.45, 2.75) is 19.6 Å². The number of halogens is 3. The minimum Gasteiger partial charge on any atom is -0.478 e. The number of rotatable bonds is 4. The Morgan fingerprint density at radius 3 is 2.63 bits per heavy atom. The van der Waals surface area contributed by atoms with Gasteiger partial charge in [0.2, 0.25) is 0 Å². The van der Waals surface area contributed by atoms with Crippen molar-refractivity contribution in [1.82, 2.24) is 9.78 Å². The van der Waals surface area contributed by atoms with Crippen LogP contribution in [0.15, 0.2) is 12.3 Å². The zero-order valence-corrected chi connectivity index (χ0v) is 9.73. The Kier molecular flexibility index (Phi) is 4.30. The van der Waals surface area contributed by atoms with Crippen LogP contribution in [0.5, 0.6) is 0 Å². The van der Waals surface area contributed by atoms with Gasteiger partial charge in [-0.2, -0.15) is 18.3 Å². The molecule has 0 aliphatic heterocycles. The molecule has 0 fully saturated rings. The van der Waals surface area contributed by atoms with Crippen molar-refractivity contribution in [3.8, 4) is 0 Å². The topological polar surface area (TPSA) is 84.2 Å². The third-order valence-electron chi connectivity index (χ3n) is 2.07. The molecule has 6 nitrogen and oxygen atoms in total. The highest BCUT2D eigenvalue weighted by atomic mass is 19.4. The lowest BCUT2D eigenvalue weighted by Crippen LogP contribution is -2.30. The second-order valence-corrected chi connectivity index (χ2v) is 3.38. The molecule has 0 aliphatic carbocycles. The molecule has 1 heterocycles. The van der Waals surface area contributed by atoms with Crippen molar-refractivity contribution in [3.63, 3.8) is 0 Å². The van der Waals surface area contributed by atoms with Crippen LogP contribution in [-0.2, 0) is 16.1 Å². The van der Waals surface area contributed by atoms with Gasteiger partial charge in [0.15, 0.2) is 0 Å². The maximum Gasteiger partial charge on any atom is 0.471 e. The van der Waals surface area contributed by atoms with Crippen molar-refractivity contribution in [1.29, 1.82) is 0 Å². The minimum absolute atomic E-state index is 0.0718. The van der Waals surface area contributed by atoms with Gasteiger partial charge in [0.1, 0.15) is 0 Å². The number of nitrogens with zero attached hydrogens (tertiary/aromatic N) is 2. The molecule has 1 aromatic rings. The molecule has 0 radical (unpaired) electrons. The van der Waals surface area contributed by atoms with Gasteiger partial charge in [-0.15, -0.1) is 0 Å². The first kappa shape index (κ1) is 14.7. The number of carboxylic acid groups (broad SMARTS) is 1. The number of hydrogen-bond acceptors (Lipinski definition) is 3. The Morgan fingerprint density at radius 2 is 2.16 bits per heavy atom. The summed E-state index contributed by atoms with van der Waals surface area (Å²) < 4.78 is 37.6. The average molecular weight is 277 g/mol. The van der Waals surface area contributed by atoms with Crippen LogP contribution in [-0.4, -0.2) is 32.9 Å². The van der Waals surface area contributed by atoms with E-state index in [0.29, 0.717) is 6.54 Å². The van der Waals surface area contributed by atoms with Crippen LogP contribution < -0.4 is 5.32 Å². The van der Waals surface area contributed by atoms with Crippen LogP contribution in [0.3, 0.4) is 0 Å². The van der Waals surface area contributed by atoms with Crippen molar-refractivity contribution in [2.24, 2.45) is 0 Å². The van der Waals surface area contributed by atoms with E-state index in [1.165, 1.54) is 4.68 Å². The first-order valence-corrected chi connectivity index (χ1v) is 5.10. The van der Waals surface area contributed by atoms with Gasteiger partial charge in [-0.3, -0.25) is 9.48 Å². The Labute approximate surface area is 105 Å². The quantitative estimate of drug-likeness (QED) is 0.817. The zero-order valence-electron chi connectivity index (χ0n) is 9.73. The molecule has 0 aliphatic rings. The highest BCUT2D eigenvalue weighted by Crippen LogP contribution is 2.21. The van der Waals surface area contributed by atoms with E-state index in [-0.39, 0.29) is 11.4 Å². The predicted octanol–water partition coefficient (Wildman–Crippen LogP) is 1.50. The fourth-order valence-electron chi connectivity index (χ4n) is 1.26. The standard InChI is InChI=1S/C10H10F3N3O3/c1-2-16-7(3-4-8(17)18)6(5-14-16)15-9(19)10(11,12)13/h3-5H,2H2,1H3,(H,15,19)(H,17,18)/b4-3+. The van der Waals surface area contributed by atoms with E-state index in [2.05, 4.69) is 5.10 Å². The number of aromatic nitrogens is 2. The largest absolute Gasteiger partial charge is 0.478 e. The lowest BCUT2D eigenvalue weighted by molar-refractivity contribution is -0.167. The minimum atomic E-state index is -5.03. The number of nitrogens with one attached hydrogen (secondary N) is 1. The van der Waals surface area contributed by atoms with Gasteiger partial charge in [0, 0.05) is 12.6 Å². The molecule has 1 rings (SSSR count). The van der Waals surface area contributed by atoms with Crippen molar-refractivity contribution < 1.29 is 27.9 Å². The van der Waals surface area contributed by atoms with E-state index in [1.54, 1.807) is 12.2 Å². The van der Waals surface area contributed by atoms with Crippen LogP contribution in [0, 0.1) is 0 Å². The summed E-state index contributed by atoms with van der Waals surface area (Å²) in [5.74, 6) is -3.41. The predicted molar refractivity (Wildman–Crippen MR) is 59.3 cm³/mol. The first-order chi connectivity index (χ1) is 8.75. The van der Waals surface area contributed by atoms with E-state index in [9.17, 15) is 22.8 Å². The molecular weight excluding hydrogens is 267 g/mol. The van der Waals surface area contributed by atoms with Crippen LogP contribution in [0.1, 0.15) is 12.6 Å². The van der Waals surface area contributed by atoms with E-state index in [1.807, 2.05) is 0 Å². The Hall–Kier alpha value is -2.32. The molecule has 0 saturated carbocycles. The molecule has 2 N–H and O–H groups in total. The summed E-state index contributed by atoms with van der Waals surface area (Å²) in [5, 5.41) is 13.9. The van der Waals surface area contributed by atoms with Gasteiger partial charge in [-0.25, -0.2) is 4.79 Å². The van der Waals surface area contributed by atoms with Gasteiger partial charge in [-0.05, 0) is 13.0 Å². The van der Waals surface area contributed by atoms with Crippen LogP contribution >= 0.6 is 0 Å². The SMILES string of the molecule is CCn1ncc(NC(=O)C(F)(F)F)c1/C=C/C(=O)O. The lowest BCUT2D eigenvalue weighted by atomic mass is 10.3. The molecule has 0 unspecified atom stereocenters. The molecule has 104 valence electrons. The molecule has 0 spiro atoms. The molecule has 1 aromatic heterocycles. The molecule has 1 amide bonds. The number of alkyl halides is 3. The molecule has 9 heteroatoms.